The molecule has 2 heterocycles. The smallest absolute Gasteiger partial charge is 0.319 e. The number of carbonyl (C=O) groups is 2. The topological polar surface area (TPSA) is 99.6 Å². The summed E-state index contributed by atoms with van der Waals surface area (Å²) in [5.41, 5.74) is 7.96. The lowest BCUT2D eigenvalue weighted by molar-refractivity contribution is -0.118. The van der Waals surface area contributed by atoms with Crippen molar-refractivity contribution in [2.45, 2.75) is 41.2 Å². The number of carbonyl (C=O) groups excluding carboxylic acids is 2. The first-order valence-corrected chi connectivity index (χ1v) is 10.3. The zero-order chi connectivity index (χ0) is 22.5. The molecule has 3 aromatic rings. The minimum absolute atomic E-state index is 0.127. The van der Waals surface area contributed by atoms with Gasteiger partial charge < -0.3 is 25.7 Å². The van der Waals surface area contributed by atoms with Crippen molar-refractivity contribution >= 4 is 29.0 Å². The second kappa shape index (κ2) is 9.51. The standard InChI is InChI=1S/C23H30N6O2/c1-14-7-6-8-15(2)20(14)12-26-21-11-19(13-29-17(4)16(3)27-22(21)29)28-23(31)25-10-9-24-18(5)30/h6-8,11,13,26H,9-10,12H2,1-5H3,(H,24,30)(H2,25,28,31). The fourth-order valence-electron chi connectivity index (χ4n) is 3.47. The van der Waals surface area contributed by atoms with Crippen LogP contribution in [0.2, 0.25) is 0 Å². The highest BCUT2D eigenvalue weighted by atomic mass is 16.2. The Morgan fingerprint density at radius 3 is 2.39 bits per heavy atom. The average molecular weight is 423 g/mol. The molecule has 2 aromatic heterocycles. The Balaban J connectivity index is 1.81. The van der Waals surface area contributed by atoms with Gasteiger partial charge in [0.1, 0.15) is 0 Å². The molecular weight excluding hydrogens is 392 g/mol. The highest BCUT2D eigenvalue weighted by Crippen LogP contribution is 2.25. The summed E-state index contributed by atoms with van der Waals surface area (Å²) in [5, 5.41) is 11.8. The second-order valence-corrected chi connectivity index (χ2v) is 7.71. The zero-order valence-electron chi connectivity index (χ0n) is 18.7. The molecule has 164 valence electrons. The Kier molecular flexibility index (Phi) is 6.79. The third kappa shape index (κ3) is 5.33. The van der Waals surface area contributed by atoms with Crippen molar-refractivity contribution in [3.63, 3.8) is 0 Å². The number of anilines is 2. The van der Waals surface area contributed by atoms with E-state index in [-0.39, 0.29) is 11.9 Å². The van der Waals surface area contributed by atoms with Crippen LogP contribution in [-0.4, -0.2) is 34.4 Å². The van der Waals surface area contributed by atoms with E-state index in [4.69, 9.17) is 4.98 Å². The van der Waals surface area contributed by atoms with Gasteiger partial charge >= 0.3 is 6.03 Å². The summed E-state index contributed by atoms with van der Waals surface area (Å²) in [6.07, 6.45) is 1.86. The van der Waals surface area contributed by atoms with Gasteiger partial charge in [0.05, 0.1) is 17.1 Å². The highest BCUT2D eigenvalue weighted by molar-refractivity contribution is 5.90. The van der Waals surface area contributed by atoms with Gasteiger partial charge in [-0.15, -0.1) is 0 Å². The van der Waals surface area contributed by atoms with Crippen LogP contribution in [0.25, 0.3) is 5.65 Å². The minimum atomic E-state index is -0.333. The highest BCUT2D eigenvalue weighted by Gasteiger charge is 2.13. The number of nitrogens with zero attached hydrogens (tertiary/aromatic N) is 2. The Bertz CT molecular complexity index is 1100. The minimum Gasteiger partial charge on any atom is -0.378 e. The van der Waals surface area contributed by atoms with Crippen molar-refractivity contribution in [2.75, 3.05) is 23.7 Å². The first-order valence-electron chi connectivity index (χ1n) is 10.3. The van der Waals surface area contributed by atoms with Crippen molar-refractivity contribution in [3.8, 4) is 0 Å². The van der Waals surface area contributed by atoms with Crippen LogP contribution in [-0.2, 0) is 11.3 Å². The summed E-state index contributed by atoms with van der Waals surface area (Å²) in [7, 11) is 0. The second-order valence-electron chi connectivity index (χ2n) is 7.71. The number of fused-ring (bicyclic) bond motifs is 1. The molecule has 1 aromatic carbocycles. The number of aromatic nitrogens is 2. The number of hydrogen-bond acceptors (Lipinski definition) is 4. The molecule has 0 radical (unpaired) electrons. The van der Waals surface area contributed by atoms with Crippen LogP contribution >= 0.6 is 0 Å². The molecule has 0 aliphatic rings. The number of aryl methyl sites for hydroxylation is 4. The maximum Gasteiger partial charge on any atom is 0.319 e. The third-order valence-corrected chi connectivity index (χ3v) is 5.34. The predicted molar refractivity (Wildman–Crippen MR) is 124 cm³/mol. The van der Waals surface area contributed by atoms with E-state index in [2.05, 4.69) is 53.3 Å². The Hall–Kier alpha value is -3.55. The maximum atomic E-state index is 12.3. The molecular formula is C23H30N6O2. The van der Waals surface area contributed by atoms with Gasteiger partial charge in [-0.2, -0.15) is 0 Å². The van der Waals surface area contributed by atoms with E-state index >= 15 is 0 Å². The van der Waals surface area contributed by atoms with E-state index in [0.717, 1.165) is 22.7 Å². The molecule has 0 aliphatic heterocycles. The van der Waals surface area contributed by atoms with Crippen molar-refractivity contribution in [2.24, 2.45) is 0 Å². The van der Waals surface area contributed by atoms with E-state index in [1.807, 2.05) is 30.5 Å². The largest absolute Gasteiger partial charge is 0.378 e. The lowest BCUT2D eigenvalue weighted by atomic mass is 10.0. The number of amides is 3. The molecule has 0 bridgehead atoms. The Labute approximate surface area is 182 Å². The van der Waals surface area contributed by atoms with Gasteiger partial charge in [-0.3, -0.25) is 4.79 Å². The third-order valence-electron chi connectivity index (χ3n) is 5.34. The molecule has 3 amide bonds. The maximum absolute atomic E-state index is 12.3. The lowest BCUT2D eigenvalue weighted by Crippen LogP contribution is -2.36. The van der Waals surface area contributed by atoms with E-state index in [9.17, 15) is 9.59 Å². The fourth-order valence-corrected chi connectivity index (χ4v) is 3.47. The molecule has 0 aliphatic carbocycles. The van der Waals surface area contributed by atoms with E-state index in [1.54, 1.807) is 0 Å². The molecule has 0 spiro atoms. The quantitative estimate of drug-likeness (QED) is 0.438. The van der Waals surface area contributed by atoms with Crippen LogP contribution in [0, 0.1) is 27.7 Å². The van der Waals surface area contributed by atoms with Crippen LogP contribution in [0.4, 0.5) is 16.2 Å². The van der Waals surface area contributed by atoms with Crippen molar-refractivity contribution in [1.29, 1.82) is 0 Å². The van der Waals surface area contributed by atoms with E-state index in [0.29, 0.717) is 25.3 Å². The van der Waals surface area contributed by atoms with Crippen LogP contribution in [0.15, 0.2) is 30.5 Å². The summed E-state index contributed by atoms with van der Waals surface area (Å²) in [4.78, 5) is 27.9. The molecule has 4 N–H and O–H groups in total. The van der Waals surface area contributed by atoms with Crippen molar-refractivity contribution in [1.82, 2.24) is 20.0 Å². The lowest BCUT2D eigenvalue weighted by Gasteiger charge is -2.15. The first-order chi connectivity index (χ1) is 14.8. The first kappa shape index (κ1) is 22.1. The number of rotatable bonds is 7. The molecule has 0 saturated heterocycles. The van der Waals surface area contributed by atoms with Gasteiger partial charge in [-0.25, -0.2) is 9.78 Å². The van der Waals surface area contributed by atoms with Gasteiger partial charge in [-0.1, -0.05) is 18.2 Å². The predicted octanol–water partition coefficient (Wildman–Crippen LogP) is 3.44. The number of nitrogens with one attached hydrogen (secondary N) is 4. The molecule has 0 unspecified atom stereocenters. The van der Waals surface area contributed by atoms with Gasteiger partial charge in [0.2, 0.25) is 5.91 Å². The van der Waals surface area contributed by atoms with Crippen LogP contribution < -0.4 is 21.3 Å². The number of urea groups is 1. The number of imidazole rings is 1. The number of benzene rings is 1. The summed E-state index contributed by atoms with van der Waals surface area (Å²) in [6.45, 7) is 11.0. The van der Waals surface area contributed by atoms with Gasteiger partial charge in [-0.05, 0) is 50.5 Å². The van der Waals surface area contributed by atoms with Gasteiger partial charge in [0.15, 0.2) is 5.65 Å². The van der Waals surface area contributed by atoms with E-state index in [1.165, 1.54) is 23.6 Å². The van der Waals surface area contributed by atoms with Crippen LogP contribution in [0.1, 0.15) is 35.0 Å². The molecule has 8 nitrogen and oxygen atoms in total. The molecule has 31 heavy (non-hydrogen) atoms. The van der Waals surface area contributed by atoms with Gasteiger partial charge in [0, 0.05) is 38.4 Å². The van der Waals surface area contributed by atoms with Crippen LogP contribution in [0.3, 0.4) is 0 Å². The number of hydrogen-bond donors (Lipinski definition) is 4. The summed E-state index contributed by atoms with van der Waals surface area (Å²) in [5.74, 6) is -0.127. The van der Waals surface area contributed by atoms with E-state index < -0.39 is 0 Å². The summed E-state index contributed by atoms with van der Waals surface area (Å²) >= 11 is 0. The molecule has 0 atom stereocenters. The van der Waals surface area contributed by atoms with Crippen LogP contribution in [0.5, 0.6) is 0 Å². The number of pyridine rings is 1. The average Bonchev–Trinajstić information content (AvgIpc) is 2.99. The van der Waals surface area contributed by atoms with Crippen molar-refractivity contribution in [3.05, 3.63) is 58.5 Å². The zero-order valence-corrected chi connectivity index (χ0v) is 18.7. The van der Waals surface area contributed by atoms with Gasteiger partial charge in [0.25, 0.3) is 0 Å². The Morgan fingerprint density at radius 2 is 1.71 bits per heavy atom. The summed E-state index contributed by atoms with van der Waals surface area (Å²) < 4.78 is 1.98. The molecule has 8 heteroatoms. The van der Waals surface area contributed by atoms with Crippen molar-refractivity contribution < 1.29 is 9.59 Å². The molecule has 3 rings (SSSR count). The SMILES string of the molecule is CC(=O)NCCNC(=O)Nc1cc(NCc2c(C)cccc2C)c2nc(C)c(C)n2c1. The summed E-state index contributed by atoms with van der Waals surface area (Å²) in [6, 6.07) is 7.82. The molecule has 0 fully saturated rings. The Morgan fingerprint density at radius 1 is 1.03 bits per heavy atom. The normalized spacial score (nSPS) is 10.7. The fraction of sp³-hybridized carbons (Fsp3) is 0.348. The molecule has 0 saturated carbocycles. The monoisotopic (exact) mass is 422 g/mol.